The van der Waals surface area contributed by atoms with Crippen molar-refractivity contribution in [3.05, 3.63) is 26.7 Å². The Bertz CT molecular complexity index is 714. The topological polar surface area (TPSA) is 89.9 Å². The normalized spacial score (nSPS) is 14.7. The monoisotopic (exact) mass is 408 g/mol. The number of esters is 2. The highest BCUT2D eigenvalue weighted by molar-refractivity contribution is 6.46. The highest BCUT2D eigenvalue weighted by Crippen LogP contribution is 2.41. The third-order valence-corrected chi connectivity index (χ3v) is 5.01. The molecule has 0 aromatic heterocycles. The number of carboxylic acids is 1. The summed E-state index contributed by atoms with van der Waals surface area (Å²) in [4.78, 5) is 34.5. The van der Waals surface area contributed by atoms with E-state index in [0.717, 1.165) is 25.3 Å². The van der Waals surface area contributed by atoms with Crippen molar-refractivity contribution < 1.29 is 29.0 Å². The molecule has 0 radical (unpaired) electrons. The van der Waals surface area contributed by atoms with Crippen LogP contribution in [0.4, 0.5) is 0 Å². The number of halogens is 3. The highest BCUT2D eigenvalue weighted by atomic mass is 35.5. The molecule has 136 valence electrons. The van der Waals surface area contributed by atoms with E-state index in [9.17, 15) is 14.4 Å². The van der Waals surface area contributed by atoms with E-state index in [0.29, 0.717) is 5.92 Å². The molecule has 0 saturated heterocycles. The van der Waals surface area contributed by atoms with Crippen LogP contribution in [0.2, 0.25) is 15.1 Å². The fraction of sp³-hybridized carbons (Fsp3) is 0.438. The predicted molar refractivity (Wildman–Crippen MR) is 91.5 cm³/mol. The summed E-state index contributed by atoms with van der Waals surface area (Å²) in [7, 11) is 0. The SMILES string of the molecule is CCC(COC(=O)c1c(Cl)c(Cl)cc(Cl)c1OC(=O)C(=O)O)C1CC1. The van der Waals surface area contributed by atoms with Crippen LogP contribution < -0.4 is 4.74 Å². The van der Waals surface area contributed by atoms with Gasteiger partial charge in [-0.3, -0.25) is 0 Å². The Kier molecular flexibility index (Phi) is 6.54. The number of hydrogen-bond acceptors (Lipinski definition) is 5. The van der Waals surface area contributed by atoms with Gasteiger partial charge in [0.15, 0.2) is 5.75 Å². The van der Waals surface area contributed by atoms with Gasteiger partial charge in [0.2, 0.25) is 0 Å². The molecule has 0 spiro atoms. The van der Waals surface area contributed by atoms with Crippen LogP contribution in [0.5, 0.6) is 5.75 Å². The first-order chi connectivity index (χ1) is 11.8. The van der Waals surface area contributed by atoms with Gasteiger partial charge in [0.05, 0.1) is 21.7 Å². The van der Waals surface area contributed by atoms with Gasteiger partial charge < -0.3 is 14.6 Å². The molecule has 6 nitrogen and oxygen atoms in total. The van der Waals surface area contributed by atoms with E-state index in [1.54, 1.807) is 0 Å². The number of carboxylic acid groups (broad SMARTS) is 1. The van der Waals surface area contributed by atoms with Crippen LogP contribution in [0.1, 0.15) is 36.5 Å². The van der Waals surface area contributed by atoms with Crippen LogP contribution >= 0.6 is 34.8 Å². The fourth-order valence-corrected chi connectivity index (χ4v) is 3.13. The molecule has 0 bridgehead atoms. The molecule has 1 aliphatic carbocycles. The van der Waals surface area contributed by atoms with E-state index < -0.39 is 23.7 Å². The Balaban J connectivity index is 2.28. The number of aliphatic carboxylic acids is 1. The third-order valence-electron chi connectivity index (χ3n) is 3.94. The second-order valence-corrected chi connectivity index (χ2v) is 6.85. The number of carbonyl (C=O) groups is 3. The third kappa shape index (κ3) is 4.77. The fourth-order valence-electron chi connectivity index (χ4n) is 2.41. The maximum absolute atomic E-state index is 12.4. The molecule has 1 N–H and O–H groups in total. The molecule has 1 aromatic carbocycles. The molecule has 9 heteroatoms. The molecule has 1 saturated carbocycles. The zero-order valence-electron chi connectivity index (χ0n) is 13.2. The Morgan fingerprint density at radius 2 is 1.88 bits per heavy atom. The lowest BCUT2D eigenvalue weighted by Crippen LogP contribution is -2.22. The molecule has 1 aliphatic rings. The van der Waals surface area contributed by atoms with E-state index >= 15 is 0 Å². The second-order valence-electron chi connectivity index (χ2n) is 5.66. The molecule has 0 heterocycles. The van der Waals surface area contributed by atoms with Gasteiger partial charge in [-0.1, -0.05) is 41.7 Å². The number of ether oxygens (including phenoxy) is 2. The summed E-state index contributed by atoms with van der Waals surface area (Å²) in [5.41, 5.74) is -0.376. The van der Waals surface area contributed by atoms with Gasteiger partial charge in [0.1, 0.15) is 5.56 Å². The van der Waals surface area contributed by atoms with E-state index in [1.165, 1.54) is 0 Å². The Labute approximate surface area is 158 Å². The van der Waals surface area contributed by atoms with E-state index in [2.05, 4.69) is 4.74 Å². The molecular weight excluding hydrogens is 395 g/mol. The summed E-state index contributed by atoms with van der Waals surface area (Å²) in [6, 6.07) is 1.14. The van der Waals surface area contributed by atoms with Crippen molar-refractivity contribution >= 4 is 52.7 Å². The lowest BCUT2D eigenvalue weighted by atomic mass is 10.0. The van der Waals surface area contributed by atoms with Crippen LogP contribution in [0.15, 0.2) is 6.07 Å². The van der Waals surface area contributed by atoms with E-state index in [4.69, 9.17) is 44.6 Å². The van der Waals surface area contributed by atoms with Crippen molar-refractivity contribution in [1.29, 1.82) is 0 Å². The van der Waals surface area contributed by atoms with Gasteiger partial charge in [-0.05, 0) is 37.2 Å². The van der Waals surface area contributed by atoms with Crippen LogP contribution in [0.3, 0.4) is 0 Å². The maximum atomic E-state index is 12.4. The van der Waals surface area contributed by atoms with Gasteiger partial charge in [-0.2, -0.15) is 0 Å². The highest BCUT2D eigenvalue weighted by Gasteiger charge is 2.32. The first-order valence-corrected chi connectivity index (χ1v) is 8.69. The molecule has 0 amide bonds. The number of rotatable bonds is 6. The molecule has 1 atom stereocenters. The molecular formula is C16H15Cl3O6. The van der Waals surface area contributed by atoms with E-state index in [-0.39, 0.29) is 33.2 Å². The first-order valence-electron chi connectivity index (χ1n) is 7.55. The zero-order chi connectivity index (χ0) is 18.7. The van der Waals surface area contributed by atoms with Crippen LogP contribution in [0, 0.1) is 11.8 Å². The number of hydrogen-bond donors (Lipinski definition) is 1. The van der Waals surface area contributed by atoms with Gasteiger partial charge in [0, 0.05) is 0 Å². The lowest BCUT2D eigenvalue weighted by Gasteiger charge is -2.16. The summed E-state index contributed by atoms with van der Waals surface area (Å²) < 4.78 is 9.95. The standard InChI is InChI=1S/C16H15Cl3O6/c1-2-7(8-3-4-8)6-24-15(22)11-12(19)9(17)5-10(18)13(11)25-16(23)14(20)21/h5,7-8H,2-4,6H2,1H3,(H,20,21). The summed E-state index contributed by atoms with van der Waals surface area (Å²) in [5, 5.41) is 8.15. The first kappa shape index (κ1) is 19.8. The van der Waals surface area contributed by atoms with Gasteiger partial charge in [0.25, 0.3) is 0 Å². The van der Waals surface area contributed by atoms with Crippen molar-refractivity contribution in [1.82, 2.24) is 0 Å². The summed E-state index contributed by atoms with van der Waals surface area (Å²) in [6.45, 7) is 2.17. The minimum Gasteiger partial charge on any atom is -0.473 e. The minimum atomic E-state index is -1.85. The summed E-state index contributed by atoms with van der Waals surface area (Å²) in [6.07, 6.45) is 3.05. The lowest BCUT2D eigenvalue weighted by molar-refractivity contribution is -0.158. The molecule has 2 rings (SSSR count). The van der Waals surface area contributed by atoms with Gasteiger partial charge in [-0.15, -0.1) is 0 Å². The van der Waals surface area contributed by atoms with Crippen molar-refractivity contribution in [3.8, 4) is 5.75 Å². The van der Waals surface area contributed by atoms with Crippen molar-refractivity contribution in [3.63, 3.8) is 0 Å². The molecule has 0 aliphatic heterocycles. The van der Waals surface area contributed by atoms with Crippen LogP contribution in [-0.2, 0) is 14.3 Å². The average molecular weight is 410 g/mol. The maximum Gasteiger partial charge on any atom is 0.422 e. The number of carbonyl (C=O) groups excluding carboxylic acids is 2. The second kappa shape index (κ2) is 8.25. The molecule has 1 aromatic rings. The van der Waals surface area contributed by atoms with Crippen LogP contribution in [0.25, 0.3) is 0 Å². The molecule has 25 heavy (non-hydrogen) atoms. The van der Waals surface area contributed by atoms with Gasteiger partial charge >= 0.3 is 17.9 Å². The molecule has 1 unspecified atom stereocenters. The number of benzene rings is 1. The smallest absolute Gasteiger partial charge is 0.422 e. The Hall–Kier alpha value is -1.50. The van der Waals surface area contributed by atoms with Crippen molar-refractivity contribution in [2.24, 2.45) is 11.8 Å². The predicted octanol–water partition coefficient (Wildman–Crippen LogP) is 4.23. The van der Waals surface area contributed by atoms with E-state index in [1.807, 2.05) is 6.92 Å². The Morgan fingerprint density at radius 1 is 1.24 bits per heavy atom. The minimum absolute atomic E-state index is 0.0528. The molecule has 1 fully saturated rings. The Morgan fingerprint density at radius 3 is 2.40 bits per heavy atom. The summed E-state index contributed by atoms with van der Waals surface area (Å²) in [5.74, 6) is -4.09. The zero-order valence-corrected chi connectivity index (χ0v) is 15.5. The van der Waals surface area contributed by atoms with Crippen molar-refractivity contribution in [2.45, 2.75) is 26.2 Å². The van der Waals surface area contributed by atoms with Crippen molar-refractivity contribution in [2.75, 3.05) is 6.61 Å². The van der Waals surface area contributed by atoms with Crippen LogP contribution in [-0.4, -0.2) is 29.6 Å². The van der Waals surface area contributed by atoms with Gasteiger partial charge in [-0.25, -0.2) is 14.4 Å². The largest absolute Gasteiger partial charge is 0.473 e. The quantitative estimate of drug-likeness (QED) is 0.327. The summed E-state index contributed by atoms with van der Waals surface area (Å²) >= 11 is 17.9. The average Bonchev–Trinajstić information content (AvgIpc) is 3.37.